The van der Waals surface area contributed by atoms with Crippen LogP contribution in [0.4, 0.5) is 8.78 Å². The van der Waals surface area contributed by atoms with Gasteiger partial charge in [-0.3, -0.25) is 4.79 Å². The third-order valence-corrected chi connectivity index (χ3v) is 4.75. The minimum absolute atomic E-state index is 0.00740. The maximum absolute atomic E-state index is 12.6. The quantitative estimate of drug-likeness (QED) is 0.407. The third-order valence-electron chi connectivity index (χ3n) is 4.02. The third kappa shape index (κ3) is 4.46. The number of halogens is 2. The van der Waals surface area contributed by atoms with Gasteiger partial charge in [-0.2, -0.15) is 8.78 Å². The Morgan fingerprint density at radius 3 is 2.54 bits per heavy atom. The lowest BCUT2D eigenvalue weighted by Gasteiger charge is -2.16. The normalized spacial score (nSPS) is 10.9. The lowest BCUT2D eigenvalue weighted by molar-refractivity contribution is 0.0466. The molecule has 1 aromatic carbocycles. The van der Waals surface area contributed by atoms with Crippen LogP contribution in [0.1, 0.15) is 49.9 Å². The molecule has 0 saturated heterocycles. The molecule has 2 rings (SSSR count). The Bertz CT molecular complexity index is 853. The van der Waals surface area contributed by atoms with Gasteiger partial charge in [-0.25, -0.2) is 9.78 Å². The van der Waals surface area contributed by atoms with Crippen molar-refractivity contribution >= 4 is 23.5 Å². The van der Waals surface area contributed by atoms with E-state index in [4.69, 9.17) is 4.74 Å². The first kappa shape index (κ1) is 20.0. The first-order valence-electron chi connectivity index (χ1n) is 7.90. The van der Waals surface area contributed by atoms with Gasteiger partial charge in [0.2, 0.25) is 0 Å². The molecule has 0 unspecified atom stereocenters. The van der Waals surface area contributed by atoms with Gasteiger partial charge in [0.15, 0.2) is 5.78 Å². The molecule has 0 radical (unpaired) electrons. The average molecular weight is 379 g/mol. The molecule has 0 atom stereocenters. The van der Waals surface area contributed by atoms with Crippen molar-refractivity contribution in [2.45, 2.75) is 45.1 Å². The molecule has 138 valence electrons. The molecule has 0 spiro atoms. The number of carbonyl (C=O) groups excluding carboxylic acids is 2. The second-order valence-corrected chi connectivity index (χ2v) is 6.83. The molecule has 1 aromatic heterocycles. The fourth-order valence-corrected chi connectivity index (χ4v) is 3.50. The number of Topliss-reactive ketones (excluding diaryl/α,β-unsaturated/α-hetero) is 1. The summed E-state index contributed by atoms with van der Waals surface area (Å²) in [5, 5.41) is -0.0747. The number of nitrogens with zero attached hydrogens (tertiary/aromatic N) is 1. The SMILES string of the molecule is CC(=O)c1c(C)cc(C)c(COC(=O)c2cccnc2SC(F)F)c1C. The number of aromatic nitrogens is 1. The summed E-state index contributed by atoms with van der Waals surface area (Å²) in [7, 11) is 0. The first-order valence-corrected chi connectivity index (χ1v) is 8.78. The van der Waals surface area contributed by atoms with Crippen molar-refractivity contribution in [3.05, 3.63) is 57.8 Å². The highest BCUT2D eigenvalue weighted by atomic mass is 32.2. The summed E-state index contributed by atoms with van der Waals surface area (Å²) in [6.45, 7) is 6.97. The van der Waals surface area contributed by atoms with Gasteiger partial charge in [0, 0.05) is 11.8 Å². The molecule has 0 bridgehead atoms. The van der Waals surface area contributed by atoms with Crippen LogP contribution in [-0.4, -0.2) is 22.5 Å². The van der Waals surface area contributed by atoms with Crippen molar-refractivity contribution in [2.24, 2.45) is 0 Å². The summed E-state index contributed by atoms with van der Waals surface area (Å²) in [4.78, 5) is 28.0. The number of esters is 1. The highest BCUT2D eigenvalue weighted by Gasteiger charge is 2.20. The standard InChI is InChI=1S/C19H19F2NO3S/c1-10-8-11(2)16(13(4)23)12(3)15(10)9-25-18(24)14-6-5-7-22-17(14)26-19(20)21/h5-8,19H,9H2,1-4H3. The number of thioether (sulfide) groups is 1. The molecule has 0 amide bonds. The summed E-state index contributed by atoms with van der Waals surface area (Å²) in [6, 6.07) is 4.76. The van der Waals surface area contributed by atoms with E-state index in [0.29, 0.717) is 5.56 Å². The van der Waals surface area contributed by atoms with Gasteiger partial charge >= 0.3 is 5.97 Å². The zero-order valence-electron chi connectivity index (χ0n) is 14.9. The van der Waals surface area contributed by atoms with Gasteiger partial charge in [-0.1, -0.05) is 6.07 Å². The number of hydrogen-bond donors (Lipinski definition) is 0. The van der Waals surface area contributed by atoms with E-state index in [-0.39, 0.29) is 34.7 Å². The summed E-state index contributed by atoms with van der Waals surface area (Å²) in [5.74, 6) is -3.48. The Kier molecular flexibility index (Phi) is 6.47. The van der Waals surface area contributed by atoms with E-state index in [0.717, 1.165) is 22.3 Å². The largest absolute Gasteiger partial charge is 0.457 e. The van der Waals surface area contributed by atoms with Crippen molar-refractivity contribution in [1.29, 1.82) is 0 Å². The molecule has 0 saturated carbocycles. The predicted octanol–water partition coefficient (Wildman–Crippen LogP) is 4.88. The Morgan fingerprint density at radius 2 is 1.92 bits per heavy atom. The molecule has 0 N–H and O–H groups in total. The van der Waals surface area contributed by atoms with Crippen molar-refractivity contribution in [2.75, 3.05) is 0 Å². The molecule has 7 heteroatoms. The van der Waals surface area contributed by atoms with E-state index in [9.17, 15) is 18.4 Å². The highest BCUT2D eigenvalue weighted by molar-refractivity contribution is 7.99. The summed E-state index contributed by atoms with van der Waals surface area (Å²) in [6.07, 6.45) is 1.34. The van der Waals surface area contributed by atoms with Crippen LogP contribution in [-0.2, 0) is 11.3 Å². The molecule has 0 fully saturated rings. The molecule has 0 aliphatic carbocycles. The molecule has 4 nitrogen and oxygen atoms in total. The second kappa shape index (κ2) is 8.40. The molecule has 0 aliphatic rings. The molecular formula is C19H19F2NO3S. The zero-order chi connectivity index (χ0) is 19.4. The average Bonchev–Trinajstić information content (AvgIpc) is 2.53. The number of rotatable bonds is 6. The number of pyridine rings is 1. The minimum atomic E-state index is -2.68. The first-order chi connectivity index (χ1) is 12.2. The maximum atomic E-state index is 12.6. The summed E-state index contributed by atoms with van der Waals surface area (Å²) in [5.41, 5.74) is 3.86. The number of carbonyl (C=O) groups is 2. The lowest BCUT2D eigenvalue weighted by atomic mass is 9.92. The van der Waals surface area contributed by atoms with Crippen molar-refractivity contribution < 1.29 is 23.1 Å². The van der Waals surface area contributed by atoms with Crippen LogP contribution in [0.3, 0.4) is 0 Å². The second-order valence-electron chi connectivity index (χ2n) is 5.86. The van der Waals surface area contributed by atoms with Gasteiger partial charge in [-0.05, 0) is 73.8 Å². The Balaban J connectivity index is 2.26. The van der Waals surface area contributed by atoms with Crippen LogP contribution in [0.15, 0.2) is 29.4 Å². The Hall–Kier alpha value is -2.28. The van der Waals surface area contributed by atoms with E-state index in [1.807, 2.05) is 26.8 Å². The Morgan fingerprint density at radius 1 is 1.23 bits per heavy atom. The number of benzene rings is 1. The van der Waals surface area contributed by atoms with Crippen LogP contribution < -0.4 is 0 Å². The fraction of sp³-hybridized carbons (Fsp3) is 0.316. The van der Waals surface area contributed by atoms with Crippen LogP contribution >= 0.6 is 11.8 Å². The minimum Gasteiger partial charge on any atom is -0.457 e. The molecule has 0 aliphatic heterocycles. The van der Waals surface area contributed by atoms with Crippen LogP contribution in [0.5, 0.6) is 0 Å². The summed E-state index contributed by atoms with van der Waals surface area (Å²) >= 11 is 0.200. The van der Waals surface area contributed by atoms with Crippen LogP contribution in [0.25, 0.3) is 0 Å². The lowest BCUT2D eigenvalue weighted by Crippen LogP contribution is -2.11. The Labute approximate surface area is 155 Å². The van der Waals surface area contributed by atoms with Gasteiger partial charge in [0.05, 0.1) is 5.56 Å². The molecule has 1 heterocycles. The van der Waals surface area contributed by atoms with Crippen molar-refractivity contribution in [3.63, 3.8) is 0 Å². The monoisotopic (exact) mass is 379 g/mol. The van der Waals surface area contributed by atoms with E-state index < -0.39 is 11.7 Å². The molecule has 26 heavy (non-hydrogen) atoms. The van der Waals surface area contributed by atoms with E-state index in [1.165, 1.54) is 25.3 Å². The van der Waals surface area contributed by atoms with Gasteiger partial charge in [0.1, 0.15) is 11.6 Å². The van der Waals surface area contributed by atoms with Crippen molar-refractivity contribution in [3.8, 4) is 0 Å². The number of alkyl halides is 2. The highest BCUT2D eigenvalue weighted by Crippen LogP contribution is 2.28. The van der Waals surface area contributed by atoms with Gasteiger partial charge in [0.25, 0.3) is 5.76 Å². The van der Waals surface area contributed by atoms with Gasteiger partial charge in [-0.15, -0.1) is 0 Å². The smallest absolute Gasteiger partial charge is 0.341 e. The van der Waals surface area contributed by atoms with E-state index in [2.05, 4.69) is 4.98 Å². The maximum Gasteiger partial charge on any atom is 0.341 e. The van der Waals surface area contributed by atoms with Crippen molar-refractivity contribution in [1.82, 2.24) is 4.98 Å². The van der Waals surface area contributed by atoms with E-state index in [1.54, 1.807) is 0 Å². The fourth-order valence-electron chi connectivity index (χ4n) is 2.93. The van der Waals surface area contributed by atoms with E-state index >= 15 is 0 Å². The zero-order valence-corrected chi connectivity index (χ0v) is 15.7. The predicted molar refractivity (Wildman–Crippen MR) is 95.9 cm³/mol. The number of aryl methyl sites for hydroxylation is 2. The van der Waals surface area contributed by atoms with Gasteiger partial charge < -0.3 is 4.74 Å². The molecular weight excluding hydrogens is 360 g/mol. The topological polar surface area (TPSA) is 56.3 Å². The number of ether oxygens (including phenoxy) is 1. The van der Waals surface area contributed by atoms with Crippen LogP contribution in [0, 0.1) is 20.8 Å². The van der Waals surface area contributed by atoms with Crippen LogP contribution in [0.2, 0.25) is 0 Å². The summed E-state index contributed by atoms with van der Waals surface area (Å²) < 4.78 is 30.6. The molecule has 2 aromatic rings. The number of hydrogen-bond acceptors (Lipinski definition) is 5. The number of ketones is 1.